The number of hydrogen-bond donors (Lipinski definition) is 1. The first kappa shape index (κ1) is 15.1. The summed E-state index contributed by atoms with van der Waals surface area (Å²) in [7, 11) is 0. The van der Waals surface area contributed by atoms with Crippen molar-refractivity contribution < 1.29 is 4.79 Å². The molecule has 0 fully saturated rings. The largest absolute Gasteiger partial charge is 0.319 e. The molecule has 0 saturated carbocycles. The second kappa shape index (κ2) is 6.52. The highest BCUT2D eigenvalue weighted by atomic mass is 35.5. The molecule has 1 amide bonds. The van der Waals surface area contributed by atoms with Crippen molar-refractivity contribution in [3.8, 4) is 16.8 Å². The molecule has 8 heteroatoms. The Morgan fingerprint density at radius 2 is 2.22 bits per heavy atom. The molecule has 0 radical (unpaired) electrons. The minimum Gasteiger partial charge on any atom is -0.319 e. The number of thiazole rings is 1. The Morgan fingerprint density at radius 3 is 2.96 bits per heavy atom. The number of rotatable bonds is 3. The maximum atomic E-state index is 12.3. The lowest BCUT2D eigenvalue weighted by Crippen LogP contribution is -2.13. The molecule has 0 spiro atoms. The fourth-order valence-corrected chi connectivity index (χ4v) is 2.74. The SMILES string of the molecule is N#Cc1ccc(Cl)cc1NC(=O)c1csc(-c2cnccn2)n1. The molecule has 23 heavy (non-hydrogen) atoms. The quantitative estimate of drug-likeness (QED) is 0.788. The molecule has 0 aliphatic rings. The van der Waals surface area contributed by atoms with Crippen molar-refractivity contribution in [3.63, 3.8) is 0 Å². The molecule has 6 nitrogen and oxygen atoms in total. The molecule has 0 aliphatic carbocycles. The third-order valence-corrected chi connectivity index (χ3v) is 3.97. The summed E-state index contributed by atoms with van der Waals surface area (Å²) in [6, 6.07) is 6.66. The van der Waals surface area contributed by atoms with Crippen LogP contribution in [0.3, 0.4) is 0 Å². The van der Waals surface area contributed by atoms with E-state index < -0.39 is 5.91 Å². The molecular formula is C15H8ClN5OS. The van der Waals surface area contributed by atoms with E-state index >= 15 is 0 Å². The lowest BCUT2D eigenvalue weighted by atomic mass is 10.2. The fraction of sp³-hybridized carbons (Fsp3) is 0. The van der Waals surface area contributed by atoms with Crippen LogP contribution in [0.5, 0.6) is 0 Å². The van der Waals surface area contributed by atoms with Crippen LogP contribution in [0.4, 0.5) is 5.69 Å². The van der Waals surface area contributed by atoms with Gasteiger partial charge in [-0.05, 0) is 18.2 Å². The van der Waals surface area contributed by atoms with Crippen molar-refractivity contribution in [2.45, 2.75) is 0 Å². The van der Waals surface area contributed by atoms with Gasteiger partial charge in [-0.2, -0.15) is 5.26 Å². The van der Waals surface area contributed by atoms with Crippen LogP contribution in [0.1, 0.15) is 16.1 Å². The van der Waals surface area contributed by atoms with Crippen LogP contribution in [-0.2, 0) is 0 Å². The Morgan fingerprint density at radius 1 is 1.35 bits per heavy atom. The molecule has 0 saturated heterocycles. The van der Waals surface area contributed by atoms with Gasteiger partial charge in [0, 0.05) is 22.8 Å². The van der Waals surface area contributed by atoms with Crippen LogP contribution in [0.2, 0.25) is 5.02 Å². The lowest BCUT2D eigenvalue weighted by molar-refractivity contribution is 0.102. The summed E-state index contributed by atoms with van der Waals surface area (Å²) < 4.78 is 0. The molecule has 3 aromatic rings. The summed E-state index contributed by atoms with van der Waals surface area (Å²) in [6.45, 7) is 0. The highest BCUT2D eigenvalue weighted by molar-refractivity contribution is 7.13. The van der Waals surface area contributed by atoms with Gasteiger partial charge < -0.3 is 5.32 Å². The molecule has 0 unspecified atom stereocenters. The summed E-state index contributed by atoms with van der Waals surface area (Å²) in [6.07, 6.45) is 4.69. The van der Waals surface area contributed by atoms with Crippen LogP contribution >= 0.6 is 22.9 Å². The zero-order chi connectivity index (χ0) is 16.2. The van der Waals surface area contributed by atoms with Crippen LogP contribution in [0, 0.1) is 11.3 Å². The van der Waals surface area contributed by atoms with Gasteiger partial charge in [0.15, 0.2) is 0 Å². The van der Waals surface area contributed by atoms with Gasteiger partial charge in [-0.25, -0.2) is 4.98 Å². The second-order valence-electron chi connectivity index (χ2n) is 4.38. The number of anilines is 1. The van der Waals surface area contributed by atoms with Crippen molar-refractivity contribution in [1.29, 1.82) is 5.26 Å². The third kappa shape index (κ3) is 3.34. The van der Waals surface area contributed by atoms with Crippen molar-refractivity contribution in [3.05, 3.63) is 58.4 Å². The first-order valence-corrected chi connectivity index (χ1v) is 7.66. The van der Waals surface area contributed by atoms with Crippen LogP contribution in [0.25, 0.3) is 10.7 Å². The van der Waals surface area contributed by atoms with E-state index in [-0.39, 0.29) is 5.69 Å². The van der Waals surface area contributed by atoms with Crippen molar-refractivity contribution >= 4 is 34.5 Å². The Kier molecular flexibility index (Phi) is 4.28. The first-order chi connectivity index (χ1) is 11.2. The zero-order valence-corrected chi connectivity index (χ0v) is 13.1. The van der Waals surface area contributed by atoms with Gasteiger partial charge in [0.05, 0.1) is 17.4 Å². The third-order valence-electron chi connectivity index (χ3n) is 2.87. The van der Waals surface area contributed by atoms with Crippen molar-refractivity contribution in [1.82, 2.24) is 15.0 Å². The highest BCUT2D eigenvalue weighted by Gasteiger charge is 2.14. The number of hydrogen-bond acceptors (Lipinski definition) is 6. The van der Waals surface area contributed by atoms with Crippen molar-refractivity contribution in [2.24, 2.45) is 0 Å². The number of nitriles is 1. The van der Waals surface area contributed by atoms with E-state index in [1.54, 1.807) is 36.1 Å². The molecule has 0 aliphatic heterocycles. The average Bonchev–Trinajstić information content (AvgIpc) is 3.06. The highest BCUT2D eigenvalue weighted by Crippen LogP contribution is 2.23. The molecule has 1 aromatic carbocycles. The Labute approximate surface area is 140 Å². The number of aromatic nitrogens is 3. The number of halogens is 1. The summed E-state index contributed by atoms with van der Waals surface area (Å²) in [4.78, 5) is 24.6. The predicted octanol–water partition coefficient (Wildman–Crippen LogP) is 3.38. The molecule has 3 rings (SSSR count). The van der Waals surface area contributed by atoms with E-state index in [0.29, 0.717) is 27.0 Å². The second-order valence-corrected chi connectivity index (χ2v) is 5.68. The molecule has 112 valence electrons. The smallest absolute Gasteiger partial charge is 0.275 e. The van der Waals surface area contributed by atoms with E-state index in [2.05, 4.69) is 20.3 Å². The van der Waals surface area contributed by atoms with Crippen molar-refractivity contribution in [2.75, 3.05) is 5.32 Å². The number of nitrogens with zero attached hydrogens (tertiary/aromatic N) is 4. The standard InChI is InChI=1S/C15H8ClN5OS/c16-10-2-1-9(6-17)11(5-10)20-14(22)13-8-23-15(21-13)12-7-18-3-4-19-12/h1-5,7-8H,(H,20,22). The Bertz CT molecular complexity index is 904. The van der Waals surface area contributed by atoms with Gasteiger partial charge in [-0.3, -0.25) is 14.8 Å². The van der Waals surface area contributed by atoms with Crippen LogP contribution < -0.4 is 5.32 Å². The van der Waals surface area contributed by atoms with Gasteiger partial charge in [-0.15, -0.1) is 11.3 Å². The summed E-state index contributed by atoms with van der Waals surface area (Å²) in [5, 5.41) is 14.4. The summed E-state index contributed by atoms with van der Waals surface area (Å²) >= 11 is 7.19. The van der Waals surface area contributed by atoms with Gasteiger partial charge in [0.25, 0.3) is 5.91 Å². The maximum absolute atomic E-state index is 12.3. The molecule has 0 bridgehead atoms. The molecule has 2 heterocycles. The average molecular weight is 342 g/mol. The lowest BCUT2D eigenvalue weighted by Gasteiger charge is -2.05. The summed E-state index contributed by atoms with van der Waals surface area (Å²) in [5.41, 5.74) is 1.50. The fourth-order valence-electron chi connectivity index (χ4n) is 1.81. The molecule has 2 aromatic heterocycles. The van der Waals surface area contributed by atoms with Gasteiger partial charge >= 0.3 is 0 Å². The normalized spacial score (nSPS) is 10.1. The predicted molar refractivity (Wildman–Crippen MR) is 87.3 cm³/mol. The van der Waals surface area contributed by atoms with E-state index in [4.69, 9.17) is 16.9 Å². The Hall–Kier alpha value is -2.82. The molecular weight excluding hydrogens is 334 g/mol. The zero-order valence-electron chi connectivity index (χ0n) is 11.5. The van der Waals surface area contributed by atoms with E-state index in [1.807, 2.05) is 6.07 Å². The number of benzene rings is 1. The molecule has 0 atom stereocenters. The summed E-state index contributed by atoms with van der Waals surface area (Å²) in [5.74, 6) is -0.421. The minimum atomic E-state index is -0.421. The van der Waals surface area contributed by atoms with E-state index in [1.165, 1.54) is 17.4 Å². The Balaban J connectivity index is 1.84. The van der Waals surface area contributed by atoms with Gasteiger partial charge in [-0.1, -0.05) is 11.6 Å². The topological polar surface area (TPSA) is 91.6 Å². The maximum Gasteiger partial charge on any atom is 0.275 e. The minimum absolute atomic E-state index is 0.236. The number of carbonyl (C=O) groups excluding carboxylic acids is 1. The van der Waals surface area contributed by atoms with Gasteiger partial charge in [0.2, 0.25) is 0 Å². The number of carbonyl (C=O) groups is 1. The van der Waals surface area contributed by atoms with E-state index in [0.717, 1.165) is 0 Å². The first-order valence-electron chi connectivity index (χ1n) is 6.40. The van der Waals surface area contributed by atoms with Crippen LogP contribution in [-0.4, -0.2) is 20.9 Å². The number of nitrogens with one attached hydrogen (secondary N) is 1. The monoisotopic (exact) mass is 341 g/mol. The molecule has 1 N–H and O–H groups in total. The van der Waals surface area contributed by atoms with Gasteiger partial charge in [0.1, 0.15) is 22.5 Å². The number of amides is 1. The van der Waals surface area contributed by atoms with Crippen LogP contribution in [0.15, 0.2) is 42.2 Å². The van der Waals surface area contributed by atoms with E-state index in [9.17, 15) is 4.79 Å².